The molecule has 1 N–H and O–H groups in total. The van der Waals surface area contributed by atoms with Gasteiger partial charge in [0, 0.05) is 18.6 Å². The Hall–Kier alpha value is -0.610. The molecule has 0 spiro atoms. The van der Waals surface area contributed by atoms with E-state index in [-0.39, 0.29) is 17.5 Å². The van der Waals surface area contributed by atoms with E-state index >= 15 is 0 Å². The van der Waals surface area contributed by atoms with E-state index in [2.05, 4.69) is 29.1 Å². The molecule has 0 bridgehead atoms. The highest BCUT2D eigenvalue weighted by atomic mass is 16.2. The molecule has 2 fully saturated rings. The minimum absolute atomic E-state index is 0.00697. The molecule has 2 rings (SSSR count). The maximum atomic E-state index is 12.2. The fourth-order valence-electron chi connectivity index (χ4n) is 2.86. The fourth-order valence-corrected chi connectivity index (χ4v) is 2.86. The van der Waals surface area contributed by atoms with Gasteiger partial charge in [-0.15, -0.1) is 0 Å². The lowest BCUT2D eigenvalue weighted by atomic mass is 9.89. The number of nitrogens with one attached hydrogen (secondary N) is 1. The Bertz CT molecular complexity index is 284. The monoisotopic (exact) mass is 239 g/mol. The third-order valence-corrected chi connectivity index (χ3v) is 4.34. The van der Waals surface area contributed by atoms with Crippen molar-refractivity contribution in [2.45, 2.75) is 44.2 Å². The van der Waals surface area contributed by atoms with Gasteiger partial charge in [0.05, 0.1) is 6.04 Å². The highest BCUT2D eigenvalue weighted by Crippen LogP contribution is 2.22. The van der Waals surface area contributed by atoms with Crippen LogP contribution in [-0.4, -0.2) is 61.0 Å². The number of likely N-dealkylation sites (N-methyl/N-ethyl adjacent to an activating group) is 1. The summed E-state index contributed by atoms with van der Waals surface area (Å²) in [7, 11) is 4.19. The fraction of sp³-hybridized carbons (Fsp3) is 0.923. The summed E-state index contributed by atoms with van der Waals surface area (Å²) in [5, 5.41) is 3.28. The smallest absolute Gasteiger partial charge is 0.237 e. The molecule has 0 aromatic heterocycles. The second-order valence-electron chi connectivity index (χ2n) is 5.99. The first-order valence-corrected chi connectivity index (χ1v) is 6.71. The van der Waals surface area contributed by atoms with Crippen LogP contribution in [-0.2, 0) is 4.79 Å². The molecule has 2 saturated heterocycles. The van der Waals surface area contributed by atoms with Gasteiger partial charge < -0.3 is 10.2 Å². The number of piperidine rings is 1. The largest absolute Gasteiger partial charge is 0.349 e. The third kappa shape index (κ3) is 2.99. The predicted octanol–water partition coefficient (Wildman–Crippen LogP) is 0.681. The molecule has 0 radical (unpaired) electrons. The van der Waals surface area contributed by atoms with Crippen molar-refractivity contribution in [3.05, 3.63) is 0 Å². The first-order chi connectivity index (χ1) is 8.00. The number of hydrogen-bond donors (Lipinski definition) is 1. The van der Waals surface area contributed by atoms with E-state index in [1.165, 1.54) is 0 Å². The van der Waals surface area contributed by atoms with Crippen molar-refractivity contribution in [3.63, 3.8) is 0 Å². The number of rotatable bonds is 2. The van der Waals surface area contributed by atoms with Crippen molar-refractivity contribution in [1.29, 1.82) is 0 Å². The number of amides is 1. The highest BCUT2D eigenvalue weighted by Gasteiger charge is 2.35. The summed E-state index contributed by atoms with van der Waals surface area (Å²) in [4.78, 5) is 16.7. The van der Waals surface area contributed by atoms with Crippen LogP contribution in [0.4, 0.5) is 0 Å². The zero-order chi connectivity index (χ0) is 12.5. The summed E-state index contributed by atoms with van der Waals surface area (Å²) in [6, 6.07) is 0.103. The van der Waals surface area contributed by atoms with Crippen LogP contribution >= 0.6 is 0 Å². The van der Waals surface area contributed by atoms with Crippen LogP contribution < -0.4 is 5.32 Å². The molecule has 98 valence electrons. The Morgan fingerprint density at radius 1 is 1.24 bits per heavy atom. The van der Waals surface area contributed by atoms with Gasteiger partial charge in [-0.25, -0.2) is 0 Å². The molecule has 2 aliphatic heterocycles. The second kappa shape index (κ2) is 4.94. The van der Waals surface area contributed by atoms with Crippen LogP contribution in [0.5, 0.6) is 0 Å². The molecule has 1 unspecified atom stereocenters. The molecule has 1 amide bonds. The van der Waals surface area contributed by atoms with Gasteiger partial charge in [0.1, 0.15) is 0 Å². The summed E-state index contributed by atoms with van der Waals surface area (Å²) in [6.07, 6.45) is 4.28. The van der Waals surface area contributed by atoms with Gasteiger partial charge >= 0.3 is 0 Å². The van der Waals surface area contributed by atoms with Crippen molar-refractivity contribution in [2.24, 2.45) is 0 Å². The van der Waals surface area contributed by atoms with Crippen LogP contribution in [0.25, 0.3) is 0 Å². The molecule has 4 nitrogen and oxygen atoms in total. The number of carbonyl (C=O) groups excluding carboxylic acids is 1. The van der Waals surface area contributed by atoms with E-state index in [4.69, 9.17) is 0 Å². The summed E-state index contributed by atoms with van der Waals surface area (Å²) >= 11 is 0. The molecule has 17 heavy (non-hydrogen) atoms. The maximum Gasteiger partial charge on any atom is 0.237 e. The molecular formula is C13H25N3O. The van der Waals surface area contributed by atoms with Crippen LogP contribution in [0.3, 0.4) is 0 Å². The molecule has 2 aliphatic rings. The number of carbonyl (C=O) groups is 1. The summed E-state index contributed by atoms with van der Waals surface area (Å²) < 4.78 is 0. The number of hydrogen-bond acceptors (Lipinski definition) is 3. The minimum Gasteiger partial charge on any atom is -0.349 e. The number of likely N-dealkylation sites (tertiary alicyclic amines) is 2. The van der Waals surface area contributed by atoms with Crippen molar-refractivity contribution < 1.29 is 4.79 Å². The van der Waals surface area contributed by atoms with Gasteiger partial charge in [0.25, 0.3) is 0 Å². The van der Waals surface area contributed by atoms with Gasteiger partial charge in [-0.3, -0.25) is 9.69 Å². The molecule has 0 aliphatic carbocycles. The van der Waals surface area contributed by atoms with Crippen LogP contribution in [0.15, 0.2) is 0 Å². The van der Waals surface area contributed by atoms with E-state index < -0.39 is 0 Å². The molecule has 1 atom stereocenters. The van der Waals surface area contributed by atoms with Crippen LogP contribution in [0.1, 0.15) is 32.6 Å². The molecule has 0 aromatic rings. The topological polar surface area (TPSA) is 35.6 Å². The lowest BCUT2D eigenvalue weighted by Gasteiger charge is -2.39. The quantitative estimate of drug-likeness (QED) is 0.770. The minimum atomic E-state index is 0.00697. The zero-order valence-corrected chi connectivity index (χ0v) is 11.3. The van der Waals surface area contributed by atoms with Gasteiger partial charge in [0.2, 0.25) is 5.91 Å². The average molecular weight is 239 g/mol. The number of nitrogens with zero attached hydrogens (tertiary/aromatic N) is 2. The Labute approximate surface area is 104 Å². The highest BCUT2D eigenvalue weighted by molar-refractivity contribution is 5.82. The normalized spacial score (nSPS) is 30.4. The molecule has 0 aromatic carbocycles. The van der Waals surface area contributed by atoms with E-state index in [1.807, 2.05) is 7.05 Å². The van der Waals surface area contributed by atoms with Crippen molar-refractivity contribution in [3.8, 4) is 0 Å². The third-order valence-electron chi connectivity index (χ3n) is 4.34. The Morgan fingerprint density at radius 2 is 1.88 bits per heavy atom. The van der Waals surface area contributed by atoms with Gasteiger partial charge in [-0.2, -0.15) is 0 Å². The SMILES string of the molecule is CN1CCC(C)(NC(=O)C2CCCN2C)CC1. The first-order valence-electron chi connectivity index (χ1n) is 6.71. The summed E-state index contributed by atoms with van der Waals surface area (Å²) in [5.41, 5.74) is 0.00697. The first kappa shape index (κ1) is 12.8. The lowest BCUT2D eigenvalue weighted by Crippen LogP contribution is -2.56. The Balaban J connectivity index is 1.89. The Kier molecular flexibility index (Phi) is 3.73. The second-order valence-corrected chi connectivity index (χ2v) is 5.99. The van der Waals surface area contributed by atoms with Crippen LogP contribution in [0.2, 0.25) is 0 Å². The molecule has 0 saturated carbocycles. The van der Waals surface area contributed by atoms with E-state index in [1.54, 1.807) is 0 Å². The van der Waals surface area contributed by atoms with Gasteiger partial charge in [-0.1, -0.05) is 0 Å². The maximum absolute atomic E-state index is 12.2. The molecule has 2 heterocycles. The van der Waals surface area contributed by atoms with E-state index in [0.717, 1.165) is 45.3 Å². The average Bonchev–Trinajstić information content (AvgIpc) is 2.69. The van der Waals surface area contributed by atoms with Gasteiger partial charge in [0.15, 0.2) is 0 Å². The predicted molar refractivity (Wildman–Crippen MR) is 68.9 cm³/mol. The molecular weight excluding hydrogens is 214 g/mol. The van der Waals surface area contributed by atoms with Crippen molar-refractivity contribution >= 4 is 5.91 Å². The van der Waals surface area contributed by atoms with Gasteiger partial charge in [-0.05, 0) is 53.2 Å². The Morgan fingerprint density at radius 3 is 2.41 bits per heavy atom. The molecule has 4 heteroatoms. The summed E-state index contributed by atoms with van der Waals surface area (Å²) in [6.45, 7) is 5.40. The van der Waals surface area contributed by atoms with E-state index in [9.17, 15) is 4.79 Å². The standard InChI is InChI=1S/C13H25N3O/c1-13(6-9-15(2)10-7-13)14-12(17)11-5-4-8-16(11)3/h11H,4-10H2,1-3H3,(H,14,17). The lowest BCUT2D eigenvalue weighted by molar-refractivity contribution is -0.127. The van der Waals surface area contributed by atoms with Crippen molar-refractivity contribution in [2.75, 3.05) is 33.7 Å². The van der Waals surface area contributed by atoms with Crippen molar-refractivity contribution in [1.82, 2.24) is 15.1 Å². The van der Waals surface area contributed by atoms with E-state index in [0.29, 0.717) is 0 Å². The zero-order valence-electron chi connectivity index (χ0n) is 11.3. The van der Waals surface area contributed by atoms with Crippen LogP contribution in [0, 0.1) is 0 Å². The summed E-state index contributed by atoms with van der Waals surface area (Å²) in [5.74, 6) is 0.233.